The Labute approximate surface area is 97.1 Å². The van der Waals surface area contributed by atoms with E-state index in [0.717, 1.165) is 25.0 Å². The van der Waals surface area contributed by atoms with Crippen LogP contribution in [0.4, 0.5) is 0 Å². The molecule has 0 aliphatic heterocycles. The van der Waals surface area contributed by atoms with Crippen LogP contribution in [0.2, 0.25) is 0 Å². The van der Waals surface area contributed by atoms with E-state index in [1.165, 1.54) is 5.57 Å². The Morgan fingerprint density at radius 3 is 3.00 bits per heavy atom. The van der Waals surface area contributed by atoms with Crippen LogP contribution in [0.25, 0.3) is 0 Å². The first kappa shape index (κ1) is 12.6. The van der Waals surface area contributed by atoms with Crippen molar-refractivity contribution in [1.29, 1.82) is 0 Å². The van der Waals surface area contributed by atoms with Gasteiger partial charge < -0.3 is 11.1 Å². The quantitative estimate of drug-likeness (QED) is 0.744. The fourth-order valence-electron chi connectivity index (χ4n) is 1.53. The number of carbonyl (C=O) groups excluding carboxylic acids is 1. The third-order valence-corrected chi connectivity index (χ3v) is 2.44. The van der Waals surface area contributed by atoms with E-state index in [1.54, 1.807) is 0 Å². The number of rotatable bonds is 5. The summed E-state index contributed by atoms with van der Waals surface area (Å²) in [5.74, 6) is 0.137. The molecule has 1 aliphatic rings. The summed E-state index contributed by atoms with van der Waals surface area (Å²) in [6.45, 7) is 2.71. The molecule has 0 unspecified atom stereocenters. The summed E-state index contributed by atoms with van der Waals surface area (Å²) in [4.78, 5) is 11.2. The molecule has 1 rings (SSSR count). The van der Waals surface area contributed by atoms with E-state index in [0.29, 0.717) is 13.0 Å². The second kappa shape index (κ2) is 6.88. The number of amides is 1. The van der Waals surface area contributed by atoms with Crippen molar-refractivity contribution in [3.05, 3.63) is 35.6 Å². The lowest BCUT2D eigenvalue weighted by molar-refractivity contribution is -0.121. The van der Waals surface area contributed by atoms with Crippen molar-refractivity contribution in [1.82, 2.24) is 5.32 Å². The number of hydrogen-bond donors (Lipinski definition) is 2. The molecule has 0 saturated heterocycles. The molecule has 0 spiro atoms. The minimum Gasteiger partial charge on any atom is -0.399 e. The molecule has 0 aromatic carbocycles. The molecular weight excluding hydrogens is 200 g/mol. The van der Waals surface area contributed by atoms with Gasteiger partial charge in [0.05, 0.1) is 0 Å². The Bertz CT molecular complexity index is 327. The molecule has 0 aromatic rings. The summed E-state index contributed by atoms with van der Waals surface area (Å²) in [5.41, 5.74) is 7.72. The highest BCUT2D eigenvalue weighted by atomic mass is 16.1. The fourth-order valence-corrected chi connectivity index (χ4v) is 1.53. The average Bonchev–Trinajstić information content (AvgIpc) is 2.44. The minimum absolute atomic E-state index is 0.137. The predicted octanol–water partition coefficient (Wildman–Crippen LogP) is 2.02. The first-order chi connectivity index (χ1) is 7.72. The third-order valence-electron chi connectivity index (χ3n) is 2.44. The zero-order valence-corrected chi connectivity index (χ0v) is 9.83. The highest BCUT2D eigenvalue weighted by molar-refractivity contribution is 5.75. The zero-order chi connectivity index (χ0) is 11.8. The van der Waals surface area contributed by atoms with Gasteiger partial charge in [-0.15, -0.1) is 0 Å². The van der Waals surface area contributed by atoms with Gasteiger partial charge in [0.25, 0.3) is 0 Å². The Hall–Kier alpha value is -1.51. The van der Waals surface area contributed by atoms with E-state index in [9.17, 15) is 4.79 Å². The van der Waals surface area contributed by atoms with Crippen molar-refractivity contribution in [2.75, 3.05) is 6.54 Å². The lowest BCUT2D eigenvalue weighted by Gasteiger charge is -2.04. The van der Waals surface area contributed by atoms with Gasteiger partial charge in [0.2, 0.25) is 5.91 Å². The van der Waals surface area contributed by atoms with E-state index >= 15 is 0 Å². The van der Waals surface area contributed by atoms with Crippen LogP contribution in [0, 0.1) is 0 Å². The van der Waals surface area contributed by atoms with Crippen LogP contribution >= 0.6 is 0 Å². The largest absolute Gasteiger partial charge is 0.399 e. The van der Waals surface area contributed by atoms with E-state index < -0.39 is 0 Å². The van der Waals surface area contributed by atoms with Gasteiger partial charge in [-0.1, -0.05) is 25.2 Å². The molecule has 0 aromatic heterocycles. The molecular formula is C13H20N2O. The van der Waals surface area contributed by atoms with Crippen LogP contribution in [0.15, 0.2) is 35.6 Å². The molecule has 3 heteroatoms. The van der Waals surface area contributed by atoms with Gasteiger partial charge >= 0.3 is 0 Å². The smallest absolute Gasteiger partial charge is 0.219 e. The van der Waals surface area contributed by atoms with Crippen molar-refractivity contribution in [3.63, 3.8) is 0 Å². The van der Waals surface area contributed by atoms with E-state index in [2.05, 4.69) is 11.4 Å². The van der Waals surface area contributed by atoms with Gasteiger partial charge in [0.1, 0.15) is 0 Å². The van der Waals surface area contributed by atoms with Crippen LogP contribution in [0.5, 0.6) is 0 Å². The topological polar surface area (TPSA) is 55.1 Å². The fraction of sp³-hybridized carbons (Fsp3) is 0.462. The van der Waals surface area contributed by atoms with Gasteiger partial charge in [0, 0.05) is 18.7 Å². The Balaban J connectivity index is 2.26. The van der Waals surface area contributed by atoms with Crippen LogP contribution in [0.1, 0.15) is 32.6 Å². The van der Waals surface area contributed by atoms with E-state index in [4.69, 9.17) is 5.73 Å². The molecule has 0 fully saturated rings. The monoisotopic (exact) mass is 220 g/mol. The number of allylic oxidation sites excluding steroid dienone is 4. The van der Waals surface area contributed by atoms with Gasteiger partial charge in [-0.2, -0.15) is 0 Å². The van der Waals surface area contributed by atoms with Crippen LogP contribution < -0.4 is 11.1 Å². The second-order valence-corrected chi connectivity index (χ2v) is 3.90. The maximum Gasteiger partial charge on any atom is 0.219 e. The van der Waals surface area contributed by atoms with Crippen molar-refractivity contribution in [2.45, 2.75) is 32.6 Å². The normalized spacial score (nSPS) is 15.1. The molecule has 1 amide bonds. The number of nitrogens with one attached hydrogen (secondary N) is 1. The van der Waals surface area contributed by atoms with E-state index in [1.807, 2.05) is 25.2 Å². The maximum atomic E-state index is 11.2. The zero-order valence-electron chi connectivity index (χ0n) is 9.83. The Morgan fingerprint density at radius 1 is 1.44 bits per heavy atom. The van der Waals surface area contributed by atoms with Gasteiger partial charge in [-0.05, 0) is 30.9 Å². The molecule has 0 bridgehead atoms. The standard InChI is InChI=1S/C13H20N2O/c1-2-4-13(16)15-10-9-11-5-3-6-12(14)8-7-11/h5-8H,2-4,9-10,14H2,1H3,(H,15,16). The number of carbonyl (C=O) groups is 1. The molecule has 0 atom stereocenters. The number of nitrogens with two attached hydrogens (primary N) is 1. The summed E-state index contributed by atoms with van der Waals surface area (Å²) >= 11 is 0. The molecule has 0 heterocycles. The van der Waals surface area contributed by atoms with Gasteiger partial charge in [0.15, 0.2) is 0 Å². The predicted molar refractivity (Wildman–Crippen MR) is 66.6 cm³/mol. The number of hydrogen-bond acceptors (Lipinski definition) is 2. The molecule has 3 nitrogen and oxygen atoms in total. The third kappa shape index (κ3) is 4.82. The maximum absolute atomic E-state index is 11.2. The SMILES string of the molecule is CCCC(=O)NCCC1=CCC=C(N)C=C1. The highest BCUT2D eigenvalue weighted by Gasteiger charge is 2.00. The lowest BCUT2D eigenvalue weighted by Crippen LogP contribution is -2.23. The molecule has 0 saturated carbocycles. The van der Waals surface area contributed by atoms with Crippen LogP contribution in [0.3, 0.4) is 0 Å². The summed E-state index contributed by atoms with van der Waals surface area (Å²) in [6.07, 6.45) is 11.3. The molecule has 88 valence electrons. The van der Waals surface area contributed by atoms with Crippen molar-refractivity contribution >= 4 is 5.91 Å². The van der Waals surface area contributed by atoms with Gasteiger partial charge in [-0.3, -0.25) is 4.79 Å². The van der Waals surface area contributed by atoms with Crippen molar-refractivity contribution in [3.8, 4) is 0 Å². The average molecular weight is 220 g/mol. The molecule has 3 N–H and O–H groups in total. The van der Waals surface area contributed by atoms with Crippen LogP contribution in [-0.2, 0) is 4.79 Å². The van der Waals surface area contributed by atoms with Gasteiger partial charge in [-0.25, -0.2) is 0 Å². The molecule has 16 heavy (non-hydrogen) atoms. The summed E-state index contributed by atoms with van der Waals surface area (Å²) in [7, 11) is 0. The van der Waals surface area contributed by atoms with Crippen molar-refractivity contribution in [2.24, 2.45) is 5.73 Å². The molecule has 1 aliphatic carbocycles. The minimum atomic E-state index is 0.137. The van der Waals surface area contributed by atoms with Crippen LogP contribution in [-0.4, -0.2) is 12.5 Å². The summed E-state index contributed by atoms with van der Waals surface area (Å²) in [5, 5.41) is 2.90. The Morgan fingerprint density at radius 2 is 2.25 bits per heavy atom. The first-order valence-corrected chi connectivity index (χ1v) is 5.82. The second-order valence-electron chi connectivity index (χ2n) is 3.90. The molecule has 0 radical (unpaired) electrons. The summed E-state index contributed by atoms with van der Waals surface area (Å²) in [6, 6.07) is 0. The van der Waals surface area contributed by atoms with E-state index in [-0.39, 0.29) is 5.91 Å². The first-order valence-electron chi connectivity index (χ1n) is 5.82. The Kier molecular flexibility index (Phi) is 5.40. The van der Waals surface area contributed by atoms with Crippen molar-refractivity contribution < 1.29 is 4.79 Å². The summed E-state index contributed by atoms with van der Waals surface area (Å²) < 4.78 is 0. The highest BCUT2D eigenvalue weighted by Crippen LogP contribution is 2.10. The lowest BCUT2D eigenvalue weighted by atomic mass is 10.1.